The van der Waals surface area contributed by atoms with E-state index in [1.807, 2.05) is 20.8 Å². The molecule has 1 aromatic heterocycles. The van der Waals surface area contributed by atoms with Gasteiger partial charge in [-0.05, 0) is 30.5 Å². The molecular formula is C17H23N5O4S. The van der Waals surface area contributed by atoms with E-state index >= 15 is 0 Å². The number of carbonyl (C=O) groups is 1. The van der Waals surface area contributed by atoms with Crippen LogP contribution < -0.4 is 16.4 Å². The summed E-state index contributed by atoms with van der Waals surface area (Å²) in [6.07, 6.45) is 1.35. The number of benzene rings is 1. The Balaban J connectivity index is 2.22. The van der Waals surface area contributed by atoms with Gasteiger partial charge in [-0.25, -0.2) is 4.98 Å². The molecule has 0 saturated carbocycles. The van der Waals surface area contributed by atoms with Crippen LogP contribution in [0, 0.1) is 5.92 Å². The van der Waals surface area contributed by atoms with Gasteiger partial charge in [0.2, 0.25) is 5.95 Å². The number of carbonyl (C=O) groups excluding carboxylic acids is 1. The normalized spacial score (nSPS) is 12.6. The highest BCUT2D eigenvalue weighted by Gasteiger charge is 2.16. The monoisotopic (exact) mass is 393 g/mol. The molecule has 0 bridgehead atoms. The smallest absolute Gasteiger partial charge is 0.269 e. The van der Waals surface area contributed by atoms with Gasteiger partial charge >= 0.3 is 0 Å². The summed E-state index contributed by atoms with van der Waals surface area (Å²) in [5.74, 6) is -0.190. The van der Waals surface area contributed by atoms with Crippen LogP contribution in [0.5, 0.6) is 0 Å². The number of hydrogen-bond acceptors (Lipinski definition) is 7. The van der Waals surface area contributed by atoms with E-state index in [4.69, 9.17) is 10.3 Å². The third-order valence-electron chi connectivity index (χ3n) is 3.98. The lowest BCUT2D eigenvalue weighted by Gasteiger charge is -2.19. The van der Waals surface area contributed by atoms with Gasteiger partial charge < -0.3 is 16.4 Å². The van der Waals surface area contributed by atoms with Crippen molar-refractivity contribution in [2.24, 2.45) is 11.7 Å². The lowest BCUT2D eigenvalue weighted by molar-refractivity contribution is 0.100. The number of hydrogen-bond donors (Lipinski definition) is 4. The second-order valence-corrected chi connectivity index (χ2v) is 8.00. The molecular weight excluding hydrogens is 370 g/mol. The largest absolute Gasteiger partial charge is 0.367 e. The summed E-state index contributed by atoms with van der Waals surface area (Å²) in [4.78, 5) is 20.0. The second-order valence-electron chi connectivity index (χ2n) is 6.55. The Labute approximate surface area is 158 Å². The molecule has 1 atom stereocenters. The molecule has 0 fully saturated rings. The first-order valence-electron chi connectivity index (χ1n) is 8.29. The van der Waals surface area contributed by atoms with Crippen LogP contribution in [0.4, 0.5) is 17.5 Å². The lowest BCUT2D eigenvalue weighted by atomic mass is 10.1. The Morgan fingerprint density at radius 2 is 1.85 bits per heavy atom. The Morgan fingerprint density at radius 1 is 1.22 bits per heavy atom. The molecule has 0 aliphatic heterocycles. The Bertz CT molecular complexity index is 913. The highest BCUT2D eigenvalue weighted by atomic mass is 32.2. The van der Waals surface area contributed by atoms with Crippen molar-refractivity contribution in [1.29, 1.82) is 0 Å². The van der Waals surface area contributed by atoms with Gasteiger partial charge in [-0.3, -0.25) is 9.35 Å². The molecule has 0 saturated heterocycles. The topological polar surface area (TPSA) is 147 Å². The summed E-state index contributed by atoms with van der Waals surface area (Å²) in [6.45, 7) is 6.05. The van der Waals surface area contributed by atoms with Crippen LogP contribution in [0.3, 0.4) is 0 Å². The summed E-state index contributed by atoms with van der Waals surface area (Å²) >= 11 is 0. The van der Waals surface area contributed by atoms with Gasteiger partial charge in [0.25, 0.3) is 16.0 Å². The van der Waals surface area contributed by atoms with Crippen molar-refractivity contribution in [3.8, 4) is 0 Å². The Morgan fingerprint density at radius 3 is 2.37 bits per heavy atom. The number of nitrogens with zero attached hydrogens (tertiary/aromatic N) is 2. The second kappa shape index (κ2) is 8.31. The van der Waals surface area contributed by atoms with Crippen LogP contribution in [0.15, 0.2) is 30.5 Å². The molecule has 1 heterocycles. The van der Waals surface area contributed by atoms with Crippen molar-refractivity contribution in [3.05, 3.63) is 41.6 Å². The number of nitrogens with two attached hydrogens (primary N) is 1. The Kier molecular flexibility index (Phi) is 6.34. The van der Waals surface area contributed by atoms with Gasteiger partial charge in [0, 0.05) is 17.9 Å². The predicted octanol–water partition coefficient (Wildman–Crippen LogP) is 2.16. The van der Waals surface area contributed by atoms with Crippen molar-refractivity contribution in [3.63, 3.8) is 0 Å². The number of aromatic nitrogens is 2. The predicted molar refractivity (Wildman–Crippen MR) is 103 cm³/mol. The fourth-order valence-electron chi connectivity index (χ4n) is 2.14. The standard InChI is InChI=1S/C17H23N5O4S/c1-10(2)11(3)20-16-14(15(18)23)8-19-17(22-16)21-13-6-4-12(5-7-13)9-27(24,25)26/h4-8,10-11H,9H2,1-3H3,(H2,18,23)(H,24,25,26)(H2,19,20,21,22). The van der Waals surface area contributed by atoms with E-state index in [1.165, 1.54) is 6.20 Å². The molecule has 27 heavy (non-hydrogen) atoms. The molecule has 1 unspecified atom stereocenters. The molecule has 10 heteroatoms. The maximum atomic E-state index is 11.6. The number of primary amides is 1. The van der Waals surface area contributed by atoms with Crippen LogP contribution in [0.2, 0.25) is 0 Å². The van der Waals surface area contributed by atoms with E-state index in [-0.39, 0.29) is 17.6 Å². The van der Waals surface area contributed by atoms with E-state index in [1.54, 1.807) is 24.3 Å². The molecule has 0 aliphatic carbocycles. The number of amides is 1. The van der Waals surface area contributed by atoms with Gasteiger partial charge in [-0.15, -0.1) is 0 Å². The van der Waals surface area contributed by atoms with Gasteiger partial charge in [-0.2, -0.15) is 13.4 Å². The van der Waals surface area contributed by atoms with Crippen molar-refractivity contribution >= 4 is 33.5 Å². The van der Waals surface area contributed by atoms with Crippen molar-refractivity contribution in [1.82, 2.24) is 9.97 Å². The molecule has 5 N–H and O–H groups in total. The molecule has 0 aliphatic rings. The Hall–Kier alpha value is -2.72. The SMILES string of the molecule is CC(C)C(C)Nc1nc(Nc2ccc(CS(=O)(=O)O)cc2)ncc1C(N)=O. The van der Waals surface area contributed by atoms with E-state index in [9.17, 15) is 13.2 Å². The summed E-state index contributed by atoms with van der Waals surface area (Å²) < 4.78 is 30.7. The molecule has 146 valence electrons. The minimum atomic E-state index is -4.08. The number of anilines is 3. The number of nitrogens with one attached hydrogen (secondary N) is 2. The minimum Gasteiger partial charge on any atom is -0.367 e. The van der Waals surface area contributed by atoms with Gasteiger partial charge in [0.1, 0.15) is 11.6 Å². The van der Waals surface area contributed by atoms with E-state index < -0.39 is 21.8 Å². The maximum absolute atomic E-state index is 11.6. The average molecular weight is 393 g/mol. The molecule has 2 aromatic rings. The summed E-state index contributed by atoms with van der Waals surface area (Å²) in [5, 5.41) is 6.14. The van der Waals surface area contributed by atoms with Crippen LogP contribution in [-0.4, -0.2) is 34.9 Å². The van der Waals surface area contributed by atoms with Crippen molar-refractivity contribution < 1.29 is 17.8 Å². The molecule has 1 aromatic carbocycles. The average Bonchev–Trinajstić information content (AvgIpc) is 2.55. The fourth-order valence-corrected chi connectivity index (χ4v) is 2.75. The first kappa shape index (κ1) is 20.6. The van der Waals surface area contributed by atoms with Crippen molar-refractivity contribution in [2.45, 2.75) is 32.6 Å². The highest BCUT2D eigenvalue weighted by molar-refractivity contribution is 7.85. The third kappa shape index (κ3) is 6.19. The highest BCUT2D eigenvalue weighted by Crippen LogP contribution is 2.20. The summed E-state index contributed by atoms with van der Waals surface area (Å²) in [5.41, 5.74) is 6.64. The van der Waals surface area contributed by atoms with Gasteiger partial charge in [-0.1, -0.05) is 26.0 Å². The molecule has 0 spiro atoms. The van der Waals surface area contributed by atoms with Gasteiger partial charge in [0.05, 0.1) is 5.56 Å². The quantitative estimate of drug-likeness (QED) is 0.499. The molecule has 1 amide bonds. The third-order valence-corrected chi connectivity index (χ3v) is 4.68. The first-order valence-corrected chi connectivity index (χ1v) is 9.90. The van der Waals surface area contributed by atoms with Crippen LogP contribution >= 0.6 is 0 Å². The van der Waals surface area contributed by atoms with Crippen LogP contribution in [0.1, 0.15) is 36.7 Å². The molecule has 0 radical (unpaired) electrons. The summed E-state index contributed by atoms with van der Waals surface area (Å²) in [6, 6.07) is 6.46. The minimum absolute atomic E-state index is 0.0607. The van der Waals surface area contributed by atoms with Gasteiger partial charge in [0.15, 0.2) is 0 Å². The van der Waals surface area contributed by atoms with Crippen molar-refractivity contribution in [2.75, 3.05) is 10.6 Å². The van der Waals surface area contributed by atoms with E-state index in [0.717, 1.165) is 0 Å². The van der Waals surface area contributed by atoms with E-state index in [2.05, 4.69) is 20.6 Å². The van der Waals surface area contributed by atoms with Crippen LogP contribution in [-0.2, 0) is 15.9 Å². The van der Waals surface area contributed by atoms with Crippen LogP contribution in [0.25, 0.3) is 0 Å². The zero-order chi connectivity index (χ0) is 20.2. The molecule has 9 nitrogen and oxygen atoms in total. The number of rotatable bonds is 8. The zero-order valence-electron chi connectivity index (χ0n) is 15.3. The molecule has 2 rings (SSSR count). The van der Waals surface area contributed by atoms with E-state index in [0.29, 0.717) is 23.0 Å². The summed E-state index contributed by atoms with van der Waals surface area (Å²) in [7, 11) is -4.08. The zero-order valence-corrected chi connectivity index (χ0v) is 16.1. The maximum Gasteiger partial charge on any atom is 0.269 e. The first-order chi connectivity index (χ1) is 12.5. The fraction of sp³-hybridized carbons (Fsp3) is 0.353. The lowest BCUT2D eigenvalue weighted by Crippen LogP contribution is -2.25.